The molecule has 4 rings (SSSR count). The van der Waals surface area contributed by atoms with Gasteiger partial charge in [0.05, 0.1) is 6.54 Å². The normalized spacial score (nSPS) is 11.1. The lowest BCUT2D eigenvalue weighted by Crippen LogP contribution is -2.46. The van der Waals surface area contributed by atoms with Crippen LogP contribution in [0, 0.1) is 11.7 Å². The number of carbonyl (C=O) groups is 2. The lowest BCUT2D eigenvalue weighted by atomic mass is 10.1. The minimum absolute atomic E-state index is 0.0733. The lowest BCUT2D eigenvalue weighted by molar-refractivity contribution is -0.142. The Hall–Kier alpha value is -3.84. The van der Waals surface area contributed by atoms with E-state index >= 15 is 0 Å². The number of nitrogens with zero attached hydrogens (tertiary/aromatic N) is 2. The number of aromatic nitrogens is 1. The number of ether oxygens (including phenoxy) is 1. The molecule has 0 aliphatic rings. The highest BCUT2D eigenvalue weighted by Gasteiger charge is 2.23. The number of rotatable bonds is 12. The summed E-state index contributed by atoms with van der Waals surface area (Å²) in [6.45, 7) is 4.91. The molecule has 2 amide bonds. The van der Waals surface area contributed by atoms with Crippen LogP contribution in [0.4, 0.5) is 4.39 Å². The van der Waals surface area contributed by atoms with Gasteiger partial charge < -0.3 is 19.5 Å². The van der Waals surface area contributed by atoms with Gasteiger partial charge in [-0.15, -0.1) is 0 Å². The molecule has 204 valence electrons. The van der Waals surface area contributed by atoms with Gasteiger partial charge in [0.25, 0.3) is 5.91 Å². The number of hydrogen-bond acceptors (Lipinski definition) is 3. The van der Waals surface area contributed by atoms with Crippen molar-refractivity contribution in [1.82, 2.24) is 14.8 Å². The van der Waals surface area contributed by atoms with Gasteiger partial charge in [0, 0.05) is 41.8 Å². The van der Waals surface area contributed by atoms with Crippen LogP contribution in [0.25, 0.3) is 10.9 Å². The van der Waals surface area contributed by atoms with Crippen molar-refractivity contribution in [2.24, 2.45) is 5.92 Å². The third kappa shape index (κ3) is 8.07. The van der Waals surface area contributed by atoms with Crippen molar-refractivity contribution in [3.05, 3.63) is 101 Å². The number of para-hydroxylation sites is 1. The second-order valence-electron chi connectivity index (χ2n) is 9.96. The maximum atomic E-state index is 13.6. The molecule has 0 saturated carbocycles. The van der Waals surface area contributed by atoms with Crippen LogP contribution in [-0.2, 0) is 22.6 Å². The van der Waals surface area contributed by atoms with Crippen molar-refractivity contribution in [3.63, 3.8) is 0 Å². The van der Waals surface area contributed by atoms with Gasteiger partial charge in [-0.3, -0.25) is 9.59 Å². The average Bonchev–Trinajstić information content (AvgIpc) is 3.34. The summed E-state index contributed by atoms with van der Waals surface area (Å²) in [5.74, 6) is -0.0934. The monoisotopic (exact) mass is 549 g/mol. The molecule has 0 spiro atoms. The molecule has 0 fully saturated rings. The van der Waals surface area contributed by atoms with E-state index in [1.165, 1.54) is 12.1 Å². The fourth-order valence-corrected chi connectivity index (χ4v) is 4.55. The van der Waals surface area contributed by atoms with Crippen LogP contribution in [0.3, 0.4) is 0 Å². The Labute approximate surface area is 233 Å². The predicted octanol–water partition coefficient (Wildman–Crippen LogP) is 6.10. The molecule has 0 bridgehead atoms. The van der Waals surface area contributed by atoms with E-state index in [9.17, 15) is 14.0 Å². The fourth-order valence-electron chi connectivity index (χ4n) is 4.42. The number of benzene rings is 3. The van der Waals surface area contributed by atoms with Crippen LogP contribution in [0.15, 0.2) is 79.0 Å². The van der Waals surface area contributed by atoms with Gasteiger partial charge in [0.1, 0.15) is 11.6 Å². The summed E-state index contributed by atoms with van der Waals surface area (Å²) in [6.07, 6.45) is 2.60. The molecule has 0 radical (unpaired) electrons. The largest absolute Gasteiger partial charge is 0.484 e. The molecule has 6 nitrogen and oxygen atoms in total. The second-order valence-corrected chi connectivity index (χ2v) is 10.4. The van der Waals surface area contributed by atoms with Crippen LogP contribution >= 0.6 is 11.6 Å². The van der Waals surface area contributed by atoms with Gasteiger partial charge in [-0.1, -0.05) is 55.8 Å². The molecule has 3 aromatic carbocycles. The maximum Gasteiger partial charge on any atom is 0.260 e. The molecule has 8 heteroatoms. The second kappa shape index (κ2) is 13.3. The predicted molar refractivity (Wildman–Crippen MR) is 152 cm³/mol. The molecule has 1 aromatic heterocycles. The summed E-state index contributed by atoms with van der Waals surface area (Å²) in [6, 6.07) is 20.9. The smallest absolute Gasteiger partial charge is 0.260 e. The first-order valence-electron chi connectivity index (χ1n) is 13.0. The summed E-state index contributed by atoms with van der Waals surface area (Å²) in [5.41, 5.74) is 2.96. The molecule has 4 aromatic rings. The van der Waals surface area contributed by atoms with Crippen molar-refractivity contribution >= 4 is 34.3 Å². The Bertz CT molecular complexity index is 1390. The number of nitrogens with one attached hydrogen (secondary N) is 1. The van der Waals surface area contributed by atoms with Crippen molar-refractivity contribution in [2.75, 3.05) is 26.2 Å². The Morgan fingerprint density at radius 1 is 0.949 bits per heavy atom. The van der Waals surface area contributed by atoms with Crippen molar-refractivity contribution in [2.45, 2.75) is 26.8 Å². The average molecular weight is 550 g/mol. The van der Waals surface area contributed by atoms with Crippen molar-refractivity contribution in [3.8, 4) is 5.75 Å². The molecule has 0 atom stereocenters. The van der Waals surface area contributed by atoms with Gasteiger partial charge in [0.2, 0.25) is 5.91 Å². The van der Waals surface area contributed by atoms with Crippen LogP contribution in [0.5, 0.6) is 5.75 Å². The highest BCUT2D eigenvalue weighted by molar-refractivity contribution is 6.30. The number of H-pyrrole nitrogens is 1. The molecule has 39 heavy (non-hydrogen) atoms. The van der Waals surface area contributed by atoms with E-state index in [0.717, 1.165) is 22.0 Å². The van der Waals surface area contributed by atoms with Crippen LogP contribution < -0.4 is 4.74 Å². The number of hydrogen-bond donors (Lipinski definition) is 1. The molecular weight excluding hydrogens is 517 g/mol. The first-order valence-corrected chi connectivity index (χ1v) is 13.4. The highest BCUT2D eigenvalue weighted by atomic mass is 35.5. The number of halogens is 2. The topological polar surface area (TPSA) is 65.6 Å². The van der Waals surface area contributed by atoms with E-state index in [2.05, 4.69) is 11.1 Å². The van der Waals surface area contributed by atoms with Crippen LogP contribution in [-0.4, -0.2) is 52.8 Å². The van der Waals surface area contributed by atoms with E-state index in [1.807, 2.05) is 38.2 Å². The number of amides is 2. The molecular formula is C31H33ClFN3O3. The van der Waals surface area contributed by atoms with Gasteiger partial charge >= 0.3 is 0 Å². The van der Waals surface area contributed by atoms with Crippen LogP contribution in [0.1, 0.15) is 25.0 Å². The SMILES string of the molecule is CC(C)CN(CC(=O)N(CCc1c[nH]c2ccccc12)Cc1ccc(F)cc1)C(=O)COc1ccc(Cl)cc1. The summed E-state index contributed by atoms with van der Waals surface area (Å²) < 4.78 is 19.2. The first-order chi connectivity index (χ1) is 18.8. The third-order valence-electron chi connectivity index (χ3n) is 6.41. The van der Waals surface area contributed by atoms with Gasteiger partial charge in [-0.05, 0) is 65.9 Å². The summed E-state index contributed by atoms with van der Waals surface area (Å²) in [7, 11) is 0. The molecule has 0 unspecified atom stereocenters. The zero-order chi connectivity index (χ0) is 27.8. The molecule has 1 N–H and O–H groups in total. The zero-order valence-electron chi connectivity index (χ0n) is 22.2. The van der Waals surface area contributed by atoms with E-state index in [4.69, 9.17) is 16.3 Å². The summed E-state index contributed by atoms with van der Waals surface area (Å²) in [5, 5.41) is 1.69. The highest BCUT2D eigenvalue weighted by Crippen LogP contribution is 2.19. The van der Waals surface area contributed by atoms with E-state index < -0.39 is 0 Å². The molecule has 1 heterocycles. The fraction of sp³-hybridized carbons (Fsp3) is 0.290. The maximum absolute atomic E-state index is 13.6. The van der Waals surface area contributed by atoms with Crippen molar-refractivity contribution < 1.29 is 18.7 Å². The van der Waals surface area contributed by atoms with E-state index in [1.54, 1.807) is 46.2 Å². The van der Waals surface area contributed by atoms with Crippen molar-refractivity contribution in [1.29, 1.82) is 0 Å². The standard InChI is InChI=1S/C31H33ClFN3O3/c1-22(2)18-36(31(38)21-39-27-13-9-25(32)10-14-27)20-30(37)35(19-23-7-11-26(33)12-8-23)16-15-24-17-34-29-6-4-3-5-28(24)29/h3-14,17,22,34H,15-16,18-21H2,1-2H3. The number of aromatic amines is 1. The Morgan fingerprint density at radius 3 is 2.38 bits per heavy atom. The molecule has 0 aliphatic carbocycles. The Balaban J connectivity index is 1.47. The quantitative estimate of drug-likeness (QED) is 0.232. The zero-order valence-corrected chi connectivity index (χ0v) is 23.0. The Kier molecular flexibility index (Phi) is 9.60. The summed E-state index contributed by atoms with van der Waals surface area (Å²) >= 11 is 5.93. The Morgan fingerprint density at radius 2 is 1.67 bits per heavy atom. The molecule has 0 aliphatic heterocycles. The van der Waals surface area contributed by atoms with Gasteiger partial charge in [0.15, 0.2) is 6.61 Å². The third-order valence-corrected chi connectivity index (χ3v) is 6.66. The van der Waals surface area contributed by atoms with E-state index in [-0.39, 0.29) is 36.7 Å². The minimum Gasteiger partial charge on any atom is -0.484 e. The van der Waals surface area contributed by atoms with Gasteiger partial charge in [-0.2, -0.15) is 0 Å². The minimum atomic E-state index is -0.329. The first kappa shape index (κ1) is 28.2. The molecule has 0 saturated heterocycles. The van der Waals surface area contributed by atoms with Crippen LogP contribution in [0.2, 0.25) is 5.02 Å². The number of carbonyl (C=O) groups excluding carboxylic acids is 2. The lowest BCUT2D eigenvalue weighted by Gasteiger charge is -2.29. The summed E-state index contributed by atoms with van der Waals surface area (Å²) in [4.78, 5) is 33.3. The number of fused-ring (bicyclic) bond motifs is 1. The van der Waals surface area contributed by atoms with Gasteiger partial charge in [-0.25, -0.2) is 4.39 Å². The van der Waals surface area contributed by atoms with E-state index in [0.29, 0.717) is 36.8 Å².